The third-order valence-electron chi connectivity index (χ3n) is 7.10. The van der Waals surface area contributed by atoms with Crippen LogP contribution in [0.2, 0.25) is 0 Å². The number of non-ortho nitro benzene ring substituents is 1. The Morgan fingerprint density at radius 3 is 2.30 bits per heavy atom. The highest BCUT2D eigenvalue weighted by atomic mass is 19.4. The van der Waals surface area contributed by atoms with Crippen LogP contribution in [0.1, 0.15) is 21.7 Å². The maximum absolute atomic E-state index is 13.4. The fraction of sp³-hybridized carbons (Fsp3) is 0.267. The van der Waals surface area contributed by atoms with Crippen LogP contribution in [0, 0.1) is 10.1 Å². The van der Waals surface area contributed by atoms with Gasteiger partial charge < -0.3 is 25.0 Å². The topological polar surface area (TPSA) is 177 Å². The third-order valence-corrected chi connectivity index (χ3v) is 7.10. The van der Waals surface area contributed by atoms with E-state index in [4.69, 9.17) is 4.74 Å². The summed E-state index contributed by atoms with van der Waals surface area (Å²) in [4.78, 5) is 55.7. The lowest BCUT2D eigenvalue weighted by Gasteiger charge is -2.35. The van der Waals surface area contributed by atoms with Gasteiger partial charge in [-0.15, -0.1) is 0 Å². The zero-order chi connectivity index (χ0) is 33.6. The molecule has 14 nitrogen and oxygen atoms in total. The van der Waals surface area contributed by atoms with Gasteiger partial charge in [0.25, 0.3) is 11.6 Å². The molecule has 0 saturated carbocycles. The molecule has 0 unspecified atom stereocenters. The van der Waals surface area contributed by atoms with Crippen molar-refractivity contribution in [3.8, 4) is 11.4 Å². The number of hydrogen-bond acceptors (Lipinski definition) is 11. The van der Waals surface area contributed by atoms with Crippen molar-refractivity contribution in [3.05, 3.63) is 100.0 Å². The third kappa shape index (κ3) is 8.31. The first-order chi connectivity index (χ1) is 22.5. The number of carboxylic acids is 1. The highest BCUT2D eigenvalue weighted by Crippen LogP contribution is 2.29. The van der Waals surface area contributed by atoms with Crippen LogP contribution in [0.5, 0.6) is 0 Å². The molecule has 5 rings (SSSR count). The molecular weight excluding hydrogens is 625 g/mol. The van der Waals surface area contributed by atoms with Crippen molar-refractivity contribution in [2.24, 2.45) is 0 Å². The molecule has 244 valence electrons. The van der Waals surface area contributed by atoms with Gasteiger partial charge in [-0.1, -0.05) is 30.3 Å². The number of nitrogens with zero attached hydrogens (tertiary/aromatic N) is 7. The van der Waals surface area contributed by atoms with Gasteiger partial charge in [-0.2, -0.15) is 13.2 Å². The van der Waals surface area contributed by atoms with Crippen LogP contribution in [-0.2, 0) is 22.3 Å². The van der Waals surface area contributed by atoms with Crippen molar-refractivity contribution in [1.82, 2.24) is 25.3 Å². The van der Waals surface area contributed by atoms with Crippen LogP contribution in [-0.4, -0.2) is 80.7 Å². The van der Waals surface area contributed by atoms with Crippen molar-refractivity contribution in [2.75, 3.05) is 42.6 Å². The van der Waals surface area contributed by atoms with Gasteiger partial charge in [0.15, 0.2) is 11.9 Å². The number of piperazine rings is 1. The Kier molecular flexibility index (Phi) is 9.84. The number of benzene rings is 2. The SMILES string of the molecule is O=C(N[C@@H](COCc1ccccc1)C(=O)O)c1cc(N2CCN(c3nccc(C(F)(F)F)n3)CC2)nc(-c2ccc([N+](=O)[O-])cc2)n1. The molecule has 1 saturated heterocycles. The average Bonchev–Trinajstić information content (AvgIpc) is 3.07. The number of amides is 1. The standard InChI is InChI=1S/C30H27F3N8O6/c31-30(32,33)24-10-11-34-29(37-24)40-14-12-39(13-15-40)25-16-22(35-26(38-25)20-6-8-21(9-7-20)41(45)46)27(42)36-23(28(43)44)18-47-17-19-4-2-1-3-5-19/h1-11,16,23H,12-15,17-18H2,(H,36,42)(H,43,44)/t23-/m0/s1. The van der Waals surface area contributed by atoms with Crippen molar-refractivity contribution in [1.29, 1.82) is 0 Å². The molecule has 1 aliphatic heterocycles. The number of carbonyl (C=O) groups excluding carboxylic acids is 1. The smallest absolute Gasteiger partial charge is 0.433 e. The zero-order valence-corrected chi connectivity index (χ0v) is 24.5. The summed E-state index contributed by atoms with van der Waals surface area (Å²) in [7, 11) is 0. The number of halogens is 3. The van der Waals surface area contributed by atoms with Crippen LogP contribution < -0.4 is 15.1 Å². The molecule has 1 fully saturated rings. The van der Waals surface area contributed by atoms with Crippen LogP contribution in [0.4, 0.5) is 30.6 Å². The molecule has 2 aromatic heterocycles. The summed E-state index contributed by atoms with van der Waals surface area (Å²) in [5, 5.41) is 23.3. The highest BCUT2D eigenvalue weighted by Gasteiger charge is 2.34. The van der Waals surface area contributed by atoms with Crippen LogP contribution in [0.15, 0.2) is 72.9 Å². The summed E-state index contributed by atoms with van der Waals surface area (Å²) in [6, 6.07) is 15.1. The fourth-order valence-corrected chi connectivity index (χ4v) is 4.64. The Bertz CT molecular complexity index is 1740. The number of hydrogen-bond donors (Lipinski definition) is 2. The predicted molar refractivity (Wildman–Crippen MR) is 161 cm³/mol. The quantitative estimate of drug-likeness (QED) is 0.178. The molecule has 47 heavy (non-hydrogen) atoms. The number of ether oxygens (including phenoxy) is 1. The predicted octanol–water partition coefficient (Wildman–Crippen LogP) is 3.59. The molecule has 2 aromatic carbocycles. The van der Waals surface area contributed by atoms with E-state index in [9.17, 15) is 38.0 Å². The van der Waals surface area contributed by atoms with Gasteiger partial charge in [-0.05, 0) is 23.8 Å². The van der Waals surface area contributed by atoms with Gasteiger partial charge in [0.2, 0.25) is 5.95 Å². The molecule has 1 aliphatic rings. The first-order valence-electron chi connectivity index (χ1n) is 14.2. The van der Waals surface area contributed by atoms with E-state index in [1.165, 1.54) is 30.3 Å². The van der Waals surface area contributed by atoms with Crippen LogP contribution in [0.3, 0.4) is 0 Å². The van der Waals surface area contributed by atoms with E-state index in [1.54, 1.807) is 9.80 Å². The molecule has 2 N–H and O–H groups in total. The first-order valence-corrected chi connectivity index (χ1v) is 14.2. The Balaban J connectivity index is 1.36. The van der Waals surface area contributed by atoms with Gasteiger partial charge in [0, 0.05) is 56.1 Å². The van der Waals surface area contributed by atoms with E-state index < -0.39 is 34.7 Å². The first kappa shape index (κ1) is 32.7. The number of rotatable bonds is 11. The van der Waals surface area contributed by atoms with Gasteiger partial charge in [0.1, 0.15) is 17.2 Å². The fourth-order valence-electron chi connectivity index (χ4n) is 4.64. The lowest BCUT2D eigenvalue weighted by Crippen LogP contribution is -2.48. The number of carboxylic acid groups (broad SMARTS) is 1. The summed E-state index contributed by atoms with van der Waals surface area (Å²) < 4.78 is 45.1. The maximum Gasteiger partial charge on any atom is 0.433 e. The summed E-state index contributed by atoms with van der Waals surface area (Å²) in [5.74, 6) is -1.93. The minimum atomic E-state index is -4.63. The van der Waals surface area contributed by atoms with Gasteiger partial charge in [0.05, 0.1) is 18.1 Å². The van der Waals surface area contributed by atoms with Crippen molar-refractivity contribution < 1.29 is 37.5 Å². The molecule has 17 heteroatoms. The van der Waals surface area contributed by atoms with E-state index >= 15 is 0 Å². The molecular formula is C30H27F3N8O6. The van der Waals surface area contributed by atoms with E-state index in [0.29, 0.717) is 5.56 Å². The Morgan fingerprint density at radius 2 is 1.66 bits per heavy atom. The monoisotopic (exact) mass is 652 g/mol. The normalized spacial score (nSPS) is 14.0. The van der Waals surface area contributed by atoms with Gasteiger partial charge in [-0.3, -0.25) is 14.9 Å². The highest BCUT2D eigenvalue weighted by molar-refractivity contribution is 5.96. The van der Waals surface area contributed by atoms with Crippen molar-refractivity contribution in [3.63, 3.8) is 0 Å². The number of nitrogens with one attached hydrogen (secondary N) is 1. The van der Waals surface area contributed by atoms with E-state index in [-0.39, 0.29) is 68.4 Å². The van der Waals surface area contributed by atoms with Gasteiger partial charge in [-0.25, -0.2) is 24.7 Å². The molecule has 1 atom stereocenters. The summed E-state index contributed by atoms with van der Waals surface area (Å²) in [6.45, 7) is 0.743. The van der Waals surface area contributed by atoms with Crippen molar-refractivity contribution >= 4 is 29.3 Å². The molecule has 1 amide bonds. The Labute approximate surface area is 265 Å². The summed E-state index contributed by atoms with van der Waals surface area (Å²) in [6.07, 6.45) is -3.58. The number of anilines is 2. The minimum absolute atomic E-state index is 0.0402. The molecule has 0 radical (unpaired) electrons. The zero-order valence-electron chi connectivity index (χ0n) is 24.5. The minimum Gasteiger partial charge on any atom is -0.480 e. The van der Waals surface area contributed by atoms with Gasteiger partial charge >= 0.3 is 12.1 Å². The second-order valence-corrected chi connectivity index (χ2v) is 10.3. The molecule has 0 bridgehead atoms. The number of aliphatic carboxylic acids is 1. The second-order valence-electron chi connectivity index (χ2n) is 10.3. The largest absolute Gasteiger partial charge is 0.480 e. The number of nitro groups is 1. The molecule has 3 heterocycles. The average molecular weight is 653 g/mol. The lowest BCUT2D eigenvalue weighted by atomic mass is 10.2. The number of alkyl halides is 3. The second kappa shape index (κ2) is 14.2. The summed E-state index contributed by atoms with van der Waals surface area (Å²) in [5.41, 5.74) is -0.245. The summed E-state index contributed by atoms with van der Waals surface area (Å²) >= 11 is 0. The number of carbonyl (C=O) groups is 2. The van der Waals surface area contributed by atoms with E-state index in [1.807, 2.05) is 30.3 Å². The maximum atomic E-state index is 13.4. The van der Waals surface area contributed by atoms with Crippen LogP contribution >= 0.6 is 0 Å². The van der Waals surface area contributed by atoms with E-state index in [2.05, 4.69) is 25.3 Å². The van der Waals surface area contributed by atoms with E-state index in [0.717, 1.165) is 17.8 Å². The number of nitro benzene ring substituents is 1. The molecule has 4 aromatic rings. The van der Waals surface area contributed by atoms with Crippen LogP contribution in [0.25, 0.3) is 11.4 Å². The Hall–Kier alpha value is -5.71. The molecule has 0 spiro atoms. The number of aromatic nitrogens is 4. The Morgan fingerprint density at radius 1 is 0.979 bits per heavy atom. The lowest BCUT2D eigenvalue weighted by molar-refractivity contribution is -0.384. The van der Waals surface area contributed by atoms with Crippen molar-refractivity contribution in [2.45, 2.75) is 18.8 Å². The molecule has 0 aliphatic carbocycles.